The molecule has 1 amide bonds. The van der Waals surface area contributed by atoms with Gasteiger partial charge in [-0.1, -0.05) is 13.0 Å². The summed E-state index contributed by atoms with van der Waals surface area (Å²) in [4.78, 5) is 23.2. The van der Waals surface area contributed by atoms with Crippen LogP contribution in [-0.2, 0) is 9.53 Å². The summed E-state index contributed by atoms with van der Waals surface area (Å²) in [5, 5.41) is 2.43. The van der Waals surface area contributed by atoms with E-state index < -0.39 is 23.7 Å². The first kappa shape index (κ1) is 14.6. The molecule has 18 heavy (non-hydrogen) atoms. The van der Waals surface area contributed by atoms with E-state index in [9.17, 15) is 14.0 Å². The molecule has 1 rings (SSSR count). The highest BCUT2D eigenvalue weighted by Gasteiger charge is 2.23. The number of hydrogen-bond donors (Lipinski definition) is 1. The molecule has 0 saturated heterocycles. The maximum absolute atomic E-state index is 13.5. The van der Waals surface area contributed by atoms with Gasteiger partial charge in [0.2, 0.25) is 0 Å². The Morgan fingerprint density at radius 3 is 2.67 bits per heavy atom. The maximum atomic E-state index is 13.5. The highest BCUT2D eigenvalue weighted by molar-refractivity contribution is 9.10. The molecule has 0 heterocycles. The molecule has 1 N–H and O–H groups in total. The molecule has 0 radical (unpaired) electrons. The second kappa shape index (κ2) is 6.49. The Morgan fingerprint density at radius 2 is 2.17 bits per heavy atom. The van der Waals surface area contributed by atoms with Gasteiger partial charge < -0.3 is 10.1 Å². The van der Waals surface area contributed by atoms with Gasteiger partial charge in [-0.3, -0.25) is 4.79 Å². The molecule has 6 heteroatoms. The molecule has 98 valence electrons. The van der Waals surface area contributed by atoms with E-state index in [0.29, 0.717) is 10.9 Å². The number of hydrogen-bond acceptors (Lipinski definition) is 3. The number of benzene rings is 1. The van der Waals surface area contributed by atoms with Crippen molar-refractivity contribution in [2.45, 2.75) is 19.4 Å². The fraction of sp³-hybridized carbons (Fsp3) is 0.333. The summed E-state index contributed by atoms with van der Waals surface area (Å²) in [5.41, 5.74) is -0.125. The van der Waals surface area contributed by atoms with Gasteiger partial charge >= 0.3 is 5.97 Å². The van der Waals surface area contributed by atoms with Crippen LogP contribution >= 0.6 is 15.9 Å². The van der Waals surface area contributed by atoms with E-state index in [1.165, 1.54) is 19.2 Å². The largest absolute Gasteiger partial charge is 0.467 e. The van der Waals surface area contributed by atoms with Crippen LogP contribution in [-0.4, -0.2) is 25.0 Å². The van der Waals surface area contributed by atoms with Crippen molar-refractivity contribution in [3.05, 3.63) is 34.1 Å². The summed E-state index contributed by atoms with van der Waals surface area (Å²) < 4.78 is 18.4. The lowest BCUT2D eigenvalue weighted by atomic mass is 10.1. The number of methoxy groups -OCH3 is 1. The zero-order valence-corrected chi connectivity index (χ0v) is 11.6. The van der Waals surface area contributed by atoms with Gasteiger partial charge in [0.25, 0.3) is 5.91 Å². The second-order valence-corrected chi connectivity index (χ2v) is 4.41. The number of rotatable bonds is 4. The van der Waals surface area contributed by atoms with Crippen molar-refractivity contribution in [1.82, 2.24) is 5.32 Å². The Bertz CT molecular complexity index is 444. The molecular formula is C12H13BrFNO3. The lowest BCUT2D eigenvalue weighted by Gasteiger charge is -2.15. The smallest absolute Gasteiger partial charge is 0.328 e. The van der Waals surface area contributed by atoms with Crippen LogP contribution in [0.3, 0.4) is 0 Å². The van der Waals surface area contributed by atoms with Crippen molar-refractivity contribution in [2.75, 3.05) is 7.11 Å². The van der Waals surface area contributed by atoms with E-state index in [0.717, 1.165) is 0 Å². The minimum atomic E-state index is -0.783. The van der Waals surface area contributed by atoms with Crippen LogP contribution in [0.25, 0.3) is 0 Å². The predicted molar refractivity (Wildman–Crippen MR) is 67.7 cm³/mol. The Balaban J connectivity index is 2.91. The minimum absolute atomic E-state index is 0.125. The molecular weight excluding hydrogens is 305 g/mol. The molecule has 0 aliphatic rings. The average Bonchev–Trinajstić information content (AvgIpc) is 2.34. The first-order valence-electron chi connectivity index (χ1n) is 5.34. The van der Waals surface area contributed by atoms with Crippen LogP contribution in [0, 0.1) is 5.82 Å². The third-order valence-electron chi connectivity index (χ3n) is 2.39. The number of halogens is 2. The summed E-state index contributed by atoms with van der Waals surface area (Å²) in [6, 6.07) is 3.43. The van der Waals surface area contributed by atoms with Crippen LogP contribution < -0.4 is 5.32 Å². The van der Waals surface area contributed by atoms with Crippen molar-refractivity contribution < 1.29 is 18.7 Å². The van der Waals surface area contributed by atoms with E-state index >= 15 is 0 Å². The fourth-order valence-electron chi connectivity index (χ4n) is 1.42. The van der Waals surface area contributed by atoms with Crippen LogP contribution in [0.4, 0.5) is 4.39 Å². The molecule has 0 aliphatic heterocycles. The highest BCUT2D eigenvalue weighted by Crippen LogP contribution is 2.19. The summed E-state index contributed by atoms with van der Waals surface area (Å²) in [7, 11) is 1.23. The van der Waals surface area contributed by atoms with Crippen molar-refractivity contribution >= 4 is 27.8 Å². The molecule has 0 aromatic heterocycles. The molecule has 1 aromatic carbocycles. The standard InChI is InChI=1S/C12H13BrFNO3/c1-3-9(12(17)18-2)15-11(16)10-7(13)5-4-6-8(10)14/h4-6,9H,3H2,1-2H3,(H,15,16)/t9-/m1/s1. The Kier molecular flexibility index (Phi) is 5.27. The lowest BCUT2D eigenvalue weighted by molar-refractivity contribution is -0.142. The molecule has 0 saturated carbocycles. The maximum Gasteiger partial charge on any atom is 0.328 e. The van der Waals surface area contributed by atoms with Gasteiger partial charge in [-0.2, -0.15) is 0 Å². The Morgan fingerprint density at radius 1 is 1.50 bits per heavy atom. The van der Waals surface area contributed by atoms with E-state index in [1.807, 2.05) is 0 Å². The monoisotopic (exact) mass is 317 g/mol. The molecule has 0 aliphatic carbocycles. The molecule has 0 fully saturated rings. The van der Waals surface area contributed by atoms with E-state index in [1.54, 1.807) is 13.0 Å². The van der Waals surface area contributed by atoms with Crippen molar-refractivity contribution in [1.29, 1.82) is 0 Å². The van der Waals surface area contributed by atoms with Gasteiger partial charge in [0.1, 0.15) is 11.9 Å². The van der Waals surface area contributed by atoms with Crippen LogP contribution in [0.5, 0.6) is 0 Å². The number of nitrogens with one attached hydrogen (secondary N) is 1. The first-order chi connectivity index (χ1) is 8.51. The number of esters is 1. The van der Waals surface area contributed by atoms with Crippen molar-refractivity contribution in [3.63, 3.8) is 0 Å². The Hall–Kier alpha value is -1.43. The van der Waals surface area contributed by atoms with Crippen molar-refractivity contribution in [2.24, 2.45) is 0 Å². The SMILES string of the molecule is CC[C@@H](NC(=O)c1c(F)cccc1Br)C(=O)OC. The summed E-state index contributed by atoms with van der Waals surface area (Å²) >= 11 is 3.10. The normalized spacial score (nSPS) is 11.8. The molecule has 1 atom stereocenters. The predicted octanol–water partition coefficient (Wildman–Crippen LogP) is 2.27. The first-order valence-corrected chi connectivity index (χ1v) is 6.13. The number of carbonyl (C=O) groups excluding carboxylic acids is 2. The molecule has 0 spiro atoms. The van der Waals surface area contributed by atoms with Gasteiger partial charge in [0.05, 0.1) is 12.7 Å². The summed E-state index contributed by atoms with van der Waals surface area (Å²) in [6.45, 7) is 1.72. The van der Waals surface area contributed by atoms with Crippen LogP contribution in [0.2, 0.25) is 0 Å². The minimum Gasteiger partial charge on any atom is -0.467 e. The number of ether oxygens (including phenoxy) is 1. The average molecular weight is 318 g/mol. The summed E-state index contributed by atoms with van der Waals surface area (Å²) in [5.74, 6) is -1.86. The van der Waals surface area contributed by atoms with E-state index in [2.05, 4.69) is 26.0 Å². The zero-order valence-electron chi connectivity index (χ0n) is 10.00. The second-order valence-electron chi connectivity index (χ2n) is 3.55. The topological polar surface area (TPSA) is 55.4 Å². The lowest BCUT2D eigenvalue weighted by Crippen LogP contribution is -2.41. The third kappa shape index (κ3) is 3.29. The zero-order chi connectivity index (χ0) is 13.7. The Labute approximate surface area is 113 Å². The van der Waals surface area contributed by atoms with Gasteiger partial charge in [0.15, 0.2) is 0 Å². The highest BCUT2D eigenvalue weighted by atomic mass is 79.9. The quantitative estimate of drug-likeness (QED) is 0.867. The molecule has 0 bridgehead atoms. The van der Waals surface area contributed by atoms with E-state index in [4.69, 9.17) is 0 Å². The summed E-state index contributed by atoms with van der Waals surface area (Å²) in [6.07, 6.45) is 0.366. The van der Waals surface area contributed by atoms with Crippen LogP contribution in [0.1, 0.15) is 23.7 Å². The molecule has 4 nitrogen and oxygen atoms in total. The van der Waals surface area contributed by atoms with Crippen molar-refractivity contribution in [3.8, 4) is 0 Å². The van der Waals surface area contributed by atoms with Gasteiger partial charge in [-0.05, 0) is 34.5 Å². The van der Waals surface area contributed by atoms with E-state index in [-0.39, 0.29) is 5.56 Å². The van der Waals surface area contributed by atoms with Gasteiger partial charge in [0, 0.05) is 4.47 Å². The third-order valence-corrected chi connectivity index (χ3v) is 3.05. The molecule has 0 unspecified atom stereocenters. The number of amides is 1. The van der Waals surface area contributed by atoms with Crippen LogP contribution in [0.15, 0.2) is 22.7 Å². The molecule has 1 aromatic rings. The number of carbonyl (C=O) groups is 2. The fourth-order valence-corrected chi connectivity index (χ4v) is 1.94. The van der Waals surface area contributed by atoms with Gasteiger partial charge in [-0.15, -0.1) is 0 Å². The van der Waals surface area contributed by atoms with Gasteiger partial charge in [-0.25, -0.2) is 9.18 Å².